The van der Waals surface area contributed by atoms with E-state index in [0.29, 0.717) is 11.8 Å². The molecule has 0 spiro atoms. The largest absolute Gasteiger partial charge is 0.293 e. The average molecular weight is 303 g/mol. The first kappa shape index (κ1) is 14.4. The molecule has 0 aliphatic carbocycles. The van der Waals surface area contributed by atoms with Crippen LogP contribution in [-0.2, 0) is 11.3 Å². The molecular weight excluding hydrogens is 282 g/mol. The smallest absolute Gasteiger partial charge is 0.176 e. The summed E-state index contributed by atoms with van der Waals surface area (Å²) in [6.07, 6.45) is 5.11. The van der Waals surface area contributed by atoms with Gasteiger partial charge in [0, 0.05) is 12.6 Å². The highest BCUT2D eigenvalue weighted by atomic mass is 16.1. The summed E-state index contributed by atoms with van der Waals surface area (Å²) >= 11 is 0. The van der Waals surface area contributed by atoms with Crippen LogP contribution in [0.4, 0.5) is 0 Å². The summed E-state index contributed by atoms with van der Waals surface area (Å²) in [5, 5.41) is 0. The summed E-state index contributed by atoms with van der Waals surface area (Å²) in [6, 6.07) is 21.3. The summed E-state index contributed by atoms with van der Waals surface area (Å²) in [7, 11) is 0. The van der Waals surface area contributed by atoms with Gasteiger partial charge in [-0.05, 0) is 42.0 Å². The third-order valence-corrected chi connectivity index (χ3v) is 5.07. The zero-order valence-electron chi connectivity index (χ0n) is 13.2. The van der Waals surface area contributed by atoms with Crippen LogP contribution in [0.2, 0.25) is 0 Å². The van der Waals surface area contributed by atoms with Crippen LogP contribution in [0.3, 0.4) is 0 Å². The van der Waals surface area contributed by atoms with Crippen molar-refractivity contribution in [2.24, 2.45) is 0 Å². The summed E-state index contributed by atoms with van der Waals surface area (Å²) in [5.41, 5.74) is 3.44. The van der Waals surface area contributed by atoms with Gasteiger partial charge in [0.2, 0.25) is 0 Å². The maximum Gasteiger partial charge on any atom is 0.176 e. The van der Waals surface area contributed by atoms with Crippen molar-refractivity contribution >= 4 is 11.9 Å². The molecule has 2 saturated heterocycles. The second-order valence-electron chi connectivity index (χ2n) is 6.55. The van der Waals surface area contributed by atoms with Crippen LogP contribution in [0.1, 0.15) is 30.4 Å². The van der Waals surface area contributed by atoms with Crippen LogP contribution in [0, 0.1) is 0 Å². The normalized spacial score (nSPS) is 25.9. The van der Waals surface area contributed by atoms with E-state index in [1.807, 2.05) is 24.3 Å². The predicted octanol–water partition coefficient (Wildman–Crippen LogP) is 4.08. The number of carbonyl (C=O) groups is 1. The van der Waals surface area contributed by atoms with Gasteiger partial charge in [-0.3, -0.25) is 9.69 Å². The molecule has 2 fully saturated rings. The Morgan fingerprint density at radius 3 is 2.39 bits per heavy atom. The van der Waals surface area contributed by atoms with Crippen molar-refractivity contribution < 1.29 is 4.79 Å². The molecular formula is C21H21NO. The maximum atomic E-state index is 12.9. The second-order valence-corrected chi connectivity index (χ2v) is 6.55. The number of hydrogen-bond donors (Lipinski definition) is 0. The number of Topliss-reactive ketones (excluding diaryl/α,β-unsaturated/α-hetero) is 1. The van der Waals surface area contributed by atoms with Crippen molar-refractivity contribution in [1.29, 1.82) is 0 Å². The van der Waals surface area contributed by atoms with Crippen LogP contribution >= 0.6 is 0 Å². The molecule has 4 rings (SSSR count). The van der Waals surface area contributed by atoms with Crippen molar-refractivity contribution in [1.82, 2.24) is 4.90 Å². The van der Waals surface area contributed by atoms with Gasteiger partial charge in [0.05, 0.1) is 6.04 Å². The molecule has 0 aromatic heterocycles. The van der Waals surface area contributed by atoms with E-state index in [1.54, 1.807) is 0 Å². The van der Waals surface area contributed by atoms with E-state index in [0.717, 1.165) is 36.9 Å². The Labute approximate surface area is 137 Å². The average Bonchev–Trinajstić information content (AvgIpc) is 2.90. The molecule has 2 heterocycles. The Balaban J connectivity index is 1.56. The van der Waals surface area contributed by atoms with E-state index in [1.165, 1.54) is 5.56 Å². The lowest BCUT2D eigenvalue weighted by Crippen LogP contribution is -2.45. The first-order chi connectivity index (χ1) is 11.3. The van der Waals surface area contributed by atoms with Gasteiger partial charge in [-0.15, -0.1) is 0 Å². The minimum Gasteiger partial charge on any atom is -0.293 e. The van der Waals surface area contributed by atoms with Gasteiger partial charge in [0.15, 0.2) is 5.78 Å². The van der Waals surface area contributed by atoms with Gasteiger partial charge in [-0.25, -0.2) is 0 Å². The van der Waals surface area contributed by atoms with E-state index in [9.17, 15) is 4.79 Å². The lowest BCUT2D eigenvalue weighted by atomic mass is 9.93. The highest BCUT2D eigenvalue weighted by Gasteiger charge is 2.43. The first-order valence-corrected chi connectivity index (χ1v) is 8.41. The number of nitrogens with zero attached hydrogens (tertiary/aromatic N) is 1. The molecule has 2 aliphatic heterocycles. The van der Waals surface area contributed by atoms with Gasteiger partial charge in [0.25, 0.3) is 0 Å². The van der Waals surface area contributed by atoms with Crippen molar-refractivity contribution in [3.05, 3.63) is 77.4 Å². The number of piperidine rings is 1. The molecule has 2 aromatic carbocycles. The molecule has 0 N–H and O–H groups in total. The van der Waals surface area contributed by atoms with Crippen LogP contribution < -0.4 is 0 Å². The van der Waals surface area contributed by atoms with Crippen LogP contribution in [0.5, 0.6) is 0 Å². The van der Waals surface area contributed by atoms with Crippen LogP contribution in [0.15, 0.2) is 66.2 Å². The van der Waals surface area contributed by atoms with Crippen molar-refractivity contribution in [3.63, 3.8) is 0 Å². The SMILES string of the molecule is O=C1C(=Cc2ccccc2)CC2CCC1N2Cc1ccccc1. The topological polar surface area (TPSA) is 20.3 Å². The number of ketones is 1. The Hall–Kier alpha value is -2.19. The lowest BCUT2D eigenvalue weighted by Gasteiger charge is -2.35. The molecule has 0 saturated carbocycles. The molecule has 2 aromatic rings. The zero-order chi connectivity index (χ0) is 15.6. The standard InChI is InChI=1S/C21H21NO/c23-21-18(13-16-7-3-1-4-8-16)14-19-11-12-20(21)22(19)15-17-9-5-2-6-10-17/h1-10,13,19-20H,11-12,14-15H2. The lowest BCUT2D eigenvalue weighted by molar-refractivity contribution is -0.122. The van der Waals surface area contributed by atoms with E-state index in [4.69, 9.17) is 0 Å². The second kappa shape index (κ2) is 6.13. The number of hydrogen-bond acceptors (Lipinski definition) is 2. The van der Waals surface area contributed by atoms with E-state index in [-0.39, 0.29) is 6.04 Å². The Kier molecular flexibility index (Phi) is 3.84. The first-order valence-electron chi connectivity index (χ1n) is 8.41. The number of carbonyl (C=O) groups excluding carboxylic acids is 1. The third kappa shape index (κ3) is 2.87. The molecule has 2 heteroatoms. The van der Waals surface area contributed by atoms with Crippen molar-refractivity contribution in [3.8, 4) is 0 Å². The Morgan fingerprint density at radius 1 is 0.957 bits per heavy atom. The highest BCUT2D eigenvalue weighted by Crippen LogP contribution is 2.37. The molecule has 2 unspecified atom stereocenters. The van der Waals surface area contributed by atoms with E-state index >= 15 is 0 Å². The van der Waals surface area contributed by atoms with Crippen LogP contribution in [-0.4, -0.2) is 22.8 Å². The predicted molar refractivity (Wildman–Crippen MR) is 92.8 cm³/mol. The Morgan fingerprint density at radius 2 is 1.65 bits per heavy atom. The van der Waals surface area contributed by atoms with Crippen LogP contribution in [0.25, 0.3) is 6.08 Å². The van der Waals surface area contributed by atoms with E-state index in [2.05, 4.69) is 47.4 Å². The fourth-order valence-electron chi connectivity index (χ4n) is 3.92. The molecule has 23 heavy (non-hydrogen) atoms. The van der Waals surface area contributed by atoms with Crippen molar-refractivity contribution in [2.45, 2.75) is 37.9 Å². The molecule has 2 atom stereocenters. The molecule has 2 nitrogen and oxygen atoms in total. The summed E-state index contributed by atoms with van der Waals surface area (Å²) < 4.78 is 0. The van der Waals surface area contributed by atoms with Gasteiger partial charge in [0.1, 0.15) is 0 Å². The Bertz CT molecular complexity index is 720. The van der Waals surface area contributed by atoms with Gasteiger partial charge in [-0.2, -0.15) is 0 Å². The number of benzene rings is 2. The quantitative estimate of drug-likeness (QED) is 0.796. The summed E-state index contributed by atoms with van der Waals surface area (Å²) in [5.74, 6) is 0.332. The zero-order valence-corrected chi connectivity index (χ0v) is 13.2. The van der Waals surface area contributed by atoms with E-state index < -0.39 is 0 Å². The molecule has 116 valence electrons. The fourth-order valence-corrected chi connectivity index (χ4v) is 3.92. The third-order valence-electron chi connectivity index (χ3n) is 5.07. The maximum absolute atomic E-state index is 12.9. The fraction of sp³-hybridized carbons (Fsp3) is 0.286. The summed E-state index contributed by atoms with van der Waals surface area (Å²) in [6.45, 7) is 0.889. The highest BCUT2D eigenvalue weighted by molar-refractivity contribution is 6.04. The van der Waals surface area contributed by atoms with Gasteiger partial charge >= 0.3 is 0 Å². The number of rotatable bonds is 3. The molecule has 0 radical (unpaired) electrons. The van der Waals surface area contributed by atoms with Gasteiger partial charge < -0.3 is 0 Å². The monoisotopic (exact) mass is 303 g/mol. The number of fused-ring (bicyclic) bond motifs is 2. The minimum atomic E-state index is 0.0731. The molecule has 2 aliphatic rings. The van der Waals surface area contributed by atoms with Gasteiger partial charge in [-0.1, -0.05) is 60.7 Å². The minimum absolute atomic E-state index is 0.0731. The molecule has 0 amide bonds. The molecule has 2 bridgehead atoms. The van der Waals surface area contributed by atoms with Crippen molar-refractivity contribution in [2.75, 3.05) is 0 Å². The summed E-state index contributed by atoms with van der Waals surface area (Å²) in [4.78, 5) is 15.3.